The lowest BCUT2D eigenvalue weighted by Crippen LogP contribution is -1.98. The molecule has 0 saturated heterocycles. The molecule has 3 nitrogen and oxygen atoms in total. The fourth-order valence-corrected chi connectivity index (χ4v) is 1.09. The van der Waals surface area contributed by atoms with Gasteiger partial charge in [-0.2, -0.15) is 5.10 Å². The Morgan fingerprint density at radius 1 is 1.67 bits per heavy atom. The molecule has 0 aliphatic rings. The molecule has 0 bridgehead atoms. The summed E-state index contributed by atoms with van der Waals surface area (Å²) in [6.07, 6.45) is 1.36. The van der Waals surface area contributed by atoms with E-state index in [9.17, 15) is 4.79 Å². The number of aromatic nitrogens is 2. The van der Waals surface area contributed by atoms with Crippen molar-refractivity contribution in [3.8, 4) is 0 Å². The number of nitrogens with zero attached hydrogens (tertiary/aromatic N) is 2. The van der Waals surface area contributed by atoms with E-state index in [2.05, 4.69) is 18.9 Å². The highest BCUT2D eigenvalue weighted by Gasteiger charge is 2.06. The SMILES string of the molecule is CC(C)c1cc(CC=O)n(C)n1. The second-order valence-electron chi connectivity index (χ2n) is 3.21. The molecule has 0 spiro atoms. The highest BCUT2D eigenvalue weighted by Crippen LogP contribution is 2.13. The van der Waals surface area contributed by atoms with Gasteiger partial charge in [0.1, 0.15) is 6.29 Å². The summed E-state index contributed by atoms with van der Waals surface area (Å²) in [7, 11) is 1.87. The number of aldehydes is 1. The molecule has 0 aliphatic heterocycles. The van der Waals surface area contributed by atoms with Crippen LogP contribution in [-0.4, -0.2) is 16.1 Å². The average molecular weight is 166 g/mol. The van der Waals surface area contributed by atoms with Gasteiger partial charge in [0, 0.05) is 19.2 Å². The first-order chi connectivity index (χ1) is 5.65. The van der Waals surface area contributed by atoms with Gasteiger partial charge in [-0.3, -0.25) is 4.68 Å². The smallest absolute Gasteiger partial charge is 0.125 e. The zero-order valence-corrected chi connectivity index (χ0v) is 7.74. The number of carbonyl (C=O) groups excluding carboxylic acids is 1. The molecule has 0 amide bonds. The van der Waals surface area contributed by atoms with Crippen molar-refractivity contribution in [2.75, 3.05) is 0 Å². The van der Waals surface area contributed by atoms with Crippen LogP contribution in [-0.2, 0) is 18.3 Å². The molecule has 1 rings (SSSR count). The standard InChI is InChI=1S/C9H14N2O/c1-7(2)9-6-8(4-5-12)11(3)10-9/h5-7H,4H2,1-3H3. The van der Waals surface area contributed by atoms with Crippen LogP contribution in [0.1, 0.15) is 31.2 Å². The van der Waals surface area contributed by atoms with Crippen LogP contribution in [0.2, 0.25) is 0 Å². The fourth-order valence-electron chi connectivity index (χ4n) is 1.09. The molecule has 0 N–H and O–H groups in total. The maximum absolute atomic E-state index is 10.3. The van der Waals surface area contributed by atoms with Gasteiger partial charge in [-0.05, 0) is 12.0 Å². The van der Waals surface area contributed by atoms with Crippen LogP contribution in [0.15, 0.2) is 6.07 Å². The Bertz CT molecular complexity index is 276. The molecule has 0 fully saturated rings. The average Bonchev–Trinajstić information content (AvgIpc) is 2.34. The number of aryl methyl sites for hydroxylation is 1. The molecule has 0 radical (unpaired) electrons. The van der Waals surface area contributed by atoms with Crippen molar-refractivity contribution < 1.29 is 4.79 Å². The second kappa shape index (κ2) is 3.52. The maximum atomic E-state index is 10.3. The first-order valence-electron chi connectivity index (χ1n) is 4.11. The predicted molar refractivity (Wildman–Crippen MR) is 47.1 cm³/mol. The minimum absolute atomic E-state index is 0.427. The first kappa shape index (κ1) is 8.97. The number of hydrogen-bond donors (Lipinski definition) is 0. The molecule has 66 valence electrons. The number of rotatable bonds is 3. The van der Waals surface area contributed by atoms with Crippen molar-refractivity contribution >= 4 is 6.29 Å². The topological polar surface area (TPSA) is 34.9 Å². The van der Waals surface area contributed by atoms with Gasteiger partial charge >= 0.3 is 0 Å². The summed E-state index contributed by atoms with van der Waals surface area (Å²) in [6, 6.07) is 1.99. The lowest BCUT2D eigenvalue weighted by atomic mass is 10.1. The molecule has 0 saturated carbocycles. The van der Waals surface area contributed by atoms with E-state index in [-0.39, 0.29) is 0 Å². The summed E-state index contributed by atoms with van der Waals surface area (Å²) in [5, 5.41) is 4.29. The zero-order chi connectivity index (χ0) is 9.14. The first-order valence-corrected chi connectivity index (χ1v) is 4.11. The second-order valence-corrected chi connectivity index (χ2v) is 3.21. The Morgan fingerprint density at radius 2 is 2.33 bits per heavy atom. The summed E-state index contributed by atoms with van der Waals surface area (Å²) < 4.78 is 1.77. The molecule has 1 heterocycles. The molecule has 0 unspecified atom stereocenters. The Morgan fingerprint density at radius 3 is 2.75 bits per heavy atom. The summed E-state index contributed by atoms with van der Waals surface area (Å²) >= 11 is 0. The van der Waals surface area contributed by atoms with E-state index in [1.807, 2.05) is 13.1 Å². The monoisotopic (exact) mass is 166 g/mol. The normalized spacial score (nSPS) is 10.7. The van der Waals surface area contributed by atoms with Gasteiger partial charge in [0.15, 0.2) is 0 Å². The molecule has 0 aliphatic carbocycles. The van der Waals surface area contributed by atoms with Crippen LogP contribution in [0.4, 0.5) is 0 Å². The van der Waals surface area contributed by atoms with Gasteiger partial charge in [0.05, 0.1) is 5.69 Å². The minimum atomic E-state index is 0.427. The zero-order valence-electron chi connectivity index (χ0n) is 7.74. The highest BCUT2D eigenvalue weighted by atomic mass is 16.1. The summed E-state index contributed by atoms with van der Waals surface area (Å²) in [4.78, 5) is 10.3. The Hall–Kier alpha value is -1.12. The highest BCUT2D eigenvalue weighted by molar-refractivity contribution is 5.53. The van der Waals surface area contributed by atoms with E-state index in [0.717, 1.165) is 17.7 Å². The van der Waals surface area contributed by atoms with Crippen molar-refractivity contribution in [2.45, 2.75) is 26.2 Å². The van der Waals surface area contributed by atoms with Gasteiger partial charge < -0.3 is 4.79 Å². The number of carbonyl (C=O) groups is 1. The quantitative estimate of drug-likeness (QED) is 0.634. The summed E-state index contributed by atoms with van der Waals surface area (Å²) in [5.74, 6) is 0.427. The maximum Gasteiger partial charge on any atom is 0.125 e. The Kier molecular flexibility index (Phi) is 2.63. The van der Waals surface area contributed by atoms with E-state index >= 15 is 0 Å². The summed E-state index contributed by atoms with van der Waals surface area (Å²) in [5.41, 5.74) is 2.03. The van der Waals surface area contributed by atoms with Crippen LogP contribution >= 0.6 is 0 Å². The van der Waals surface area contributed by atoms with Crippen LogP contribution in [0.5, 0.6) is 0 Å². The Balaban J connectivity index is 2.91. The van der Waals surface area contributed by atoms with Crippen LogP contribution in [0.25, 0.3) is 0 Å². The van der Waals surface area contributed by atoms with Crippen molar-refractivity contribution in [3.05, 3.63) is 17.5 Å². The molecule has 1 aromatic heterocycles. The van der Waals surface area contributed by atoms with Crippen molar-refractivity contribution in [2.24, 2.45) is 7.05 Å². The van der Waals surface area contributed by atoms with Gasteiger partial charge in [-0.25, -0.2) is 0 Å². The van der Waals surface area contributed by atoms with E-state index < -0.39 is 0 Å². The molecular weight excluding hydrogens is 152 g/mol. The van der Waals surface area contributed by atoms with Crippen LogP contribution in [0, 0.1) is 0 Å². The van der Waals surface area contributed by atoms with Crippen LogP contribution in [0.3, 0.4) is 0 Å². The lowest BCUT2D eigenvalue weighted by molar-refractivity contribution is -0.107. The van der Waals surface area contributed by atoms with E-state index in [0.29, 0.717) is 12.3 Å². The molecule has 0 atom stereocenters. The molecular formula is C9H14N2O. The fraction of sp³-hybridized carbons (Fsp3) is 0.556. The largest absolute Gasteiger partial charge is 0.303 e. The number of hydrogen-bond acceptors (Lipinski definition) is 2. The van der Waals surface area contributed by atoms with Crippen LogP contribution < -0.4 is 0 Å². The van der Waals surface area contributed by atoms with Gasteiger partial charge in [-0.15, -0.1) is 0 Å². The summed E-state index contributed by atoms with van der Waals surface area (Å²) in [6.45, 7) is 4.18. The lowest BCUT2D eigenvalue weighted by Gasteiger charge is -1.95. The van der Waals surface area contributed by atoms with E-state index in [4.69, 9.17) is 0 Å². The third-order valence-corrected chi connectivity index (χ3v) is 1.88. The molecule has 1 aromatic rings. The van der Waals surface area contributed by atoms with E-state index in [1.54, 1.807) is 4.68 Å². The van der Waals surface area contributed by atoms with Gasteiger partial charge in [-0.1, -0.05) is 13.8 Å². The van der Waals surface area contributed by atoms with Crippen molar-refractivity contribution in [1.82, 2.24) is 9.78 Å². The molecule has 3 heteroatoms. The third-order valence-electron chi connectivity index (χ3n) is 1.88. The van der Waals surface area contributed by atoms with Gasteiger partial charge in [0.2, 0.25) is 0 Å². The van der Waals surface area contributed by atoms with Gasteiger partial charge in [0.25, 0.3) is 0 Å². The molecule has 12 heavy (non-hydrogen) atoms. The minimum Gasteiger partial charge on any atom is -0.303 e. The third kappa shape index (κ3) is 1.72. The van der Waals surface area contributed by atoms with Crippen molar-refractivity contribution in [3.63, 3.8) is 0 Å². The van der Waals surface area contributed by atoms with E-state index in [1.165, 1.54) is 0 Å². The predicted octanol–water partition coefficient (Wildman–Crippen LogP) is 1.28. The molecule has 0 aromatic carbocycles. The Labute approximate surface area is 72.4 Å². The van der Waals surface area contributed by atoms with Crippen molar-refractivity contribution in [1.29, 1.82) is 0 Å².